The van der Waals surface area contributed by atoms with Gasteiger partial charge in [-0.2, -0.15) is 5.10 Å². The summed E-state index contributed by atoms with van der Waals surface area (Å²) in [5.74, 6) is 0. The topological polar surface area (TPSA) is 42.7 Å². The summed E-state index contributed by atoms with van der Waals surface area (Å²) in [7, 11) is 0. The van der Waals surface area contributed by atoms with Gasteiger partial charge in [0.25, 0.3) is 0 Å². The van der Waals surface area contributed by atoms with E-state index in [2.05, 4.69) is 29.2 Å². The average Bonchev–Trinajstić information content (AvgIpc) is 2.72. The Bertz CT molecular complexity index is 574. The highest BCUT2D eigenvalue weighted by Gasteiger charge is 2.12. The standard InChI is InChI=1S/C15H21ClN4/c1-5-8-17-10(2)14-7-6-13(9-18-14)20-12(4)15(16)11(3)19-20/h6-7,9-10,17H,5,8H2,1-4H3. The van der Waals surface area contributed by atoms with Gasteiger partial charge in [0.1, 0.15) is 0 Å². The zero-order valence-corrected chi connectivity index (χ0v) is 13.2. The van der Waals surface area contributed by atoms with E-state index in [1.54, 1.807) is 0 Å². The van der Waals surface area contributed by atoms with Gasteiger partial charge in [-0.05, 0) is 45.9 Å². The fourth-order valence-electron chi connectivity index (χ4n) is 2.12. The second-order valence-electron chi connectivity index (χ2n) is 5.01. The van der Waals surface area contributed by atoms with Crippen molar-refractivity contribution >= 4 is 11.6 Å². The molecule has 0 aliphatic rings. The summed E-state index contributed by atoms with van der Waals surface area (Å²) < 4.78 is 1.83. The van der Waals surface area contributed by atoms with Gasteiger partial charge in [0.05, 0.1) is 34.0 Å². The normalized spacial score (nSPS) is 12.7. The first-order valence-corrected chi connectivity index (χ1v) is 7.33. The molecule has 2 aromatic heterocycles. The third-order valence-corrected chi connectivity index (χ3v) is 3.91. The molecule has 0 aliphatic heterocycles. The quantitative estimate of drug-likeness (QED) is 0.915. The van der Waals surface area contributed by atoms with Crippen molar-refractivity contribution in [2.24, 2.45) is 0 Å². The van der Waals surface area contributed by atoms with E-state index in [1.807, 2.05) is 36.9 Å². The third kappa shape index (κ3) is 3.02. The van der Waals surface area contributed by atoms with Crippen LogP contribution in [0, 0.1) is 13.8 Å². The summed E-state index contributed by atoms with van der Waals surface area (Å²) in [6, 6.07) is 4.32. The number of hydrogen-bond donors (Lipinski definition) is 1. The summed E-state index contributed by atoms with van der Waals surface area (Å²) in [5, 5.41) is 8.57. The number of aryl methyl sites for hydroxylation is 1. The second-order valence-corrected chi connectivity index (χ2v) is 5.39. The Hall–Kier alpha value is -1.39. The number of halogens is 1. The Balaban J connectivity index is 2.21. The Morgan fingerprint density at radius 3 is 2.60 bits per heavy atom. The van der Waals surface area contributed by atoms with Gasteiger partial charge < -0.3 is 5.32 Å². The number of aromatic nitrogens is 3. The van der Waals surface area contributed by atoms with Crippen LogP contribution in [0.1, 0.15) is 43.4 Å². The lowest BCUT2D eigenvalue weighted by Crippen LogP contribution is -2.20. The van der Waals surface area contributed by atoms with Crippen LogP contribution in [-0.4, -0.2) is 21.3 Å². The Kier molecular flexibility index (Phi) is 4.78. The van der Waals surface area contributed by atoms with E-state index >= 15 is 0 Å². The molecule has 4 nitrogen and oxygen atoms in total. The van der Waals surface area contributed by atoms with Crippen LogP contribution >= 0.6 is 11.6 Å². The van der Waals surface area contributed by atoms with Gasteiger partial charge in [-0.25, -0.2) is 4.68 Å². The zero-order chi connectivity index (χ0) is 14.7. The molecule has 1 N–H and O–H groups in total. The zero-order valence-electron chi connectivity index (χ0n) is 12.4. The molecule has 2 aromatic rings. The minimum Gasteiger partial charge on any atom is -0.309 e. The molecule has 0 fully saturated rings. The fourth-order valence-corrected chi connectivity index (χ4v) is 2.24. The van der Waals surface area contributed by atoms with Crippen molar-refractivity contribution in [3.63, 3.8) is 0 Å². The number of pyridine rings is 1. The van der Waals surface area contributed by atoms with Gasteiger partial charge in [-0.3, -0.25) is 4.98 Å². The molecule has 0 aromatic carbocycles. The van der Waals surface area contributed by atoms with E-state index in [9.17, 15) is 0 Å². The van der Waals surface area contributed by atoms with Gasteiger partial charge in [0.15, 0.2) is 0 Å². The molecule has 2 rings (SSSR count). The second kappa shape index (κ2) is 6.37. The molecule has 2 heterocycles. The molecule has 0 amide bonds. The van der Waals surface area contributed by atoms with Crippen LogP contribution in [0.15, 0.2) is 18.3 Å². The van der Waals surface area contributed by atoms with Gasteiger partial charge in [-0.1, -0.05) is 18.5 Å². The molecule has 0 saturated carbocycles. The Labute approximate surface area is 125 Å². The van der Waals surface area contributed by atoms with Gasteiger partial charge in [0, 0.05) is 6.04 Å². The van der Waals surface area contributed by atoms with Crippen molar-refractivity contribution in [3.05, 3.63) is 40.4 Å². The molecule has 108 valence electrons. The number of nitrogens with one attached hydrogen (secondary N) is 1. The molecule has 0 bridgehead atoms. The maximum absolute atomic E-state index is 6.17. The third-order valence-electron chi connectivity index (χ3n) is 3.36. The average molecular weight is 293 g/mol. The van der Waals surface area contributed by atoms with Crippen LogP contribution in [0.4, 0.5) is 0 Å². The van der Waals surface area contributed by atoms with Crippen LogP contribution in [0.2, 0.25) is 5.02 Å². The molecule has 5 heteroatoms. The molecule has 1 unspecified atom stereocenters. The lowest BCUT2D eigenvalue weighted by Gasteiger charge is -2.13. The van der Waals surface area contributed by atoms with Crippen LogP contribution in [0.3, 0.4) is 0 Å². The van der Waals surface area contributed by atoms with Crippen molar-refractivity contribution < 1.29 is 0 Å². The lowest BCUT2D eigenvalue weighted by atomic mass is 10.2. The molecule has 0 radical (unpaired) electrons. The molecular weight excluding hydrogens is 272 g/mol. The number of rotatable bonds is 5. The summed E-state index contributed by atoms with van der Waals surface area (Å²) in [6.45, 7) is 9.14. The molecule has 0 spiro atoms. The first-order valence-electron chi connectivity index (χ1n) is 6.96. The Morgan fingerprint density at radius 2 is 2.10 bits per heavy atom. The van der Waals surface area contributed by atoms with Gasteiger partial charge >= 0.3 is 0 Å². The first kappa shape index (κ1) is 15.0. The van der Waals surface area contributed by atoms with Crippen LogP contribution < -0.4 is 5.32 Å². The summed E-state index contributed by atoms with van der Waals surface area (Å²) >= 11 is 6.17. The van der Waals surface area contributed by atoms with Crippen LogP contribution in [0.25, 0.3) is 5.69 Å². The number of hydrogen-bond acceptors (Lipinski definition) is 3. The molecule has 0 saturated heterocycles. The highest BCUT2D eigenvalue weighted by atomic mass is 35.5. The molecule has 0 aliphatic carbocycles. The van der Waals surface area contributed by atoms with E-state index in [4.69, 9.17) is 11.6 Å². The Morgan fingerprint density at radius 1 is 1.35 bits per heavy atom. The number of nitrogens with zero attached hydrogens (tertiary/aromatic N) is 3. The predicted molar refractivity (Wildman–Crippen MR) is 82.6 cm³/mol. The summed E-state index contributed by atoms with van der Waals surface area (Å²) in [6.07, 6.45) is 2.96. The molecular formula is C15H21ClN4. The van der Waals surface area contributed by atoms with Crippen molar-refractivity contribution in [1.82, 2.24) is 20.1 Å². The minimum absolute atomic E-state index is 0.257. The predicted octanol–water partition coefficient (Wildman–Crippen LogP) is 3.60. The smallest absolute Gasteiger partial charge is 0.0848 e. The summed E-state index contributed by atoms with van der Waals surface area (Å²) in [4.78, 5) is 4.52. The van der Waals surface area contributed by atoms with E-state index in [1.165, 1.54) is 0 Å². The van der Waals surface area contributed by atoms with Crippen molar-refractivity contribution in [1.29, 1.82) is 0 Å². The van der Waals surface area contributed by atoms with E-state index in [0.29, 0.717) is 5.02 Å². The molecule has 1 atom stereocenters. The first-order chi connectivity index (χ1) is 9.54. The highest BCUT2D eigenvalue weighted by Crippen LogP contribution is 2.22. The van der Waals surface area contributed by atoms with Crippen LogP contribution in [0.5, 0.6) is 0 Å². The lowest BCUT2D eigenvalue weighted by molar-refractivity contribution is 0.558. The van der Waals surface area contributed by atoms with Crippen molar-refractivity contribution in [2.75, 3.05) is 6.54 Å². The minimum atomic E-state index is 0.257. The van der Waals surface area contributed by atoms with E-state index in [0.717, 1.165) is 35.7 Å². The SMILES string of the molecule is CCCNC(C)c1ccc(-n2nc(C)c(Cl)c2C)cn1. The van der Waals surface area contributed by atoms with Crippen molar-refractivity contribution in [2.45, 2.75) is 40.2 Å². The van der Waals surface area contributed by atoms with Gasteiger partial charge in [-0.15, -0.1) is 0 Å². The highest BCUT2D eigenvalue weighted by molar-refractivity contribution is 6.31. The fraction of sp³-hybridized carbons (Fsp3) is 0.467. The largest absolute Gasteiger partial charge is 0.309 e. The van der Waals surface area contributed by atoms with Crippen molar-refractivity contribution in [3.8, 4) is 5.69 Å². The van der Waals surface area contributed by atoms with E-state index < -0.39 is 0 Å². The van der Waals surface area contributed by atoms with E-state index in [-0.39, 0.29) is 6.04 Å². The van der Waals surface area contributed by atoms with Gasteiger partial charge in [0.2, 0.25) is 0 Å². The summed E-state index contributed by atoms with van der Waals surface area (Å²) in [5.41, 5.74) is 3.75. The molecule has 20 heavy (non-hydrogen) atoms. The monoisotopic (exact) mass is 292 g/mol. The maximum atomic E-state index is 6.17. The maximum Gasteiger partial charge on any atom is 0.0848 e. The van der Waals surface area contributed by atoms with Crippen LogP contribution in [-0.2, 0) is 0 Å².